The topological polar surface area (TPSA) is 134 Å². The first-order chi connectivity index (χ1) is 10.3. The van der Waals surface area contributed by atoms with E-state index in [9.17, 15) is 17.8 Å². The van der Waals surface area contributed by atoms with Gasteiger partial charge in [0.05, 0.1) is 12.1 Å². The van der Waals surface area contributed by atoms with Gasteiger partial charge in [0.25, 0.3) is 0 Å². The molecule has 0 saturated carbocycles. The van der Waals surface area contributed by atoms with Crippen LogP contribution in [-0.4, -0.2) is 29.0 Å². The number of carbonyl (C=O) groups is 1. The quantitative estimate of drug-likeness (QED) is 0.669. The largest absolute Gasteiger partial charge is 0.476 e. The second kappa shape index (κ2) is 6.40. The predicted molar refractivity (Wildman–Crippen MR) is 81.1 cm³/mol. The smallest absolute Gasteiger partial charge is 0.360 e. The van der Waals surface area contributed by atoms with Crippen LogP contribution in [-0.2, 0) is 23.4 Å². The van der Waals surface area contributed by atoms with Crippen molar-refractivity contribution in [2.75, 3.05) is 4.31 Å². The number of carboxylic acids is 1. The van der Waals surface area contributed by atoms with E-state index >= 15 is 0 Å². The normalized spacial score (nSPS) is 11.4. The van der Waals surface area contributed by atoms with Gasteiger partial charge >= 0.3 is 16.3 Å². The van der Waals surface area contributed by atoms with Crippen LogP contribution in [0.1, 0.15) is 21.6 Å². The molecule has 0 aliphatic rings. The Balaban J connectivity index is 2.49. The minimum absolute atomic E-state index is 0.165. The zero-order valence-electron chi connectivity index (χ0n) is 11.2. The van der Waals surface area contributed by atoms with Gasteiger partial charge in [0.15, 0.2) is 5.69 Å². The lowest BCUT2D eigenvalue weighted by molar-refractivity contribution is 0.0692. The van der Waals surface area contributed by atoms with E-state index in [-0.39, 0.29) is 18.1 Å². The third kappa shape index (κ3) is 3.42. The van der Waals surface area contributed by atoms with E-state index in [1.165, 1.54) is 5.51 Å². The summed E-state index contributed by atoms with van der Waals surface area (Å²) in [6.07, 6.45) is 0. The Morgan fingerprint density at radius 3 is 2.50 bits per heavy atom. The van der Waals surface area contributed by atoms with Crippen LogP contribution < -0.4 is 10.0 Å². The highest BCUT2D eigenvalue weighted by molar-refractivity contribution is 7.87. The van der Waals surface area contributed by atoms with Crippen molar-refractivity contribution in [3.63, 3.8) is 0 Å². The minimum atomic E-state index is -4.67. The van der Waals surface area contributed by atoms with Crippen molar-refractivity contribution in [1.29, 1.82) is 0 Å². The number of hydrogen-bond acceptors (Lipinski definition) is 6. The molecule has 0 radical (unpaired) electrons. The molecule has 0 saturated heterocycles. The molecule has 1 heterocycles. The maximum absolute atomic E-state index is 11.6. The number of nitrogens with zero attached hydrogens (tertiary/aromatic N) is 2. The van der Waals surface area contributed by atoms with Crippen molar-refractivity contribution in [2.24, 2.45) is 5.73 Å². The van der Waals surface area contributed by atoms with Crippen molar-refractivity contribution < 1.29 is 22.9 Å². The third-order valence-corrected chi connectivity index (χ3v) is 4.74. The Labute approximate surface area is 130 Å². The fraction of sp³-hybridized carbons (Fsp3) is 0.167. The van der Waals surface area contributed by atoms with Gasteiger partial charge in [-0.1, -0.05) is 24.3 Å². The molecule has 0 bridgehead atoms. The van der Waals surface area contributed by atoms with Gasteiger partial charge in [-0.25, -0.2) is 14.1 Å². The lowest BCUT2D eigenvalue weighted by Gasteiger charge is -2.20. The molecule has 1 aromatic carbocycles. The van der Waals surface area contributed by atoms with Crippen LogP contribution in [0.3, 0.4) is 0 Å². The average molecular weight is 343 g/mol. The number of anilines is 1. The maximum Gasteiger partial charge on any atom is 0.360 e. The number of rotatable bonds is 6. The number of thiazole rings is 1. The summed E-state index contributed by atoms with van der Waals surface area (Å²) in [5.41, 5.74) is 7.62. The number of hydrogen-bond donors (Lipinski definition) is 3. The second-order valence-electron chi connectivity index (χ2n) is 4.27. The molecule has 0 aliphatic carbocycles. The minimum Gasteiger partial charge on any atom is -0.476 e. The lowest BCUT2D eigenvalue weighted by Crippen LogP contribution is -2.31. The van der Waals surface area contributed by atoms with Crippen LogP contribution >= 0.6 is 11.3 Å². The van der Waals surface area contributed by atoms with E-state index in [1.54, 1.807) is 24.3 Å². The summed E-state index contributed by atoms with van der Waals surface area (Å²) in [6.45, 7) is -0.0569. The standard InChI is InChI=1S/C12H13N3O5S2/c13-5-8-3-1-2-4-9(8)6-15(22(18,19)20)11-10(12(16)17)14-7-21-11/h1-4,7H,5-6,13H2,(H,16,17)(H,18,19,20). The van der Waals surface area contributed by atoms with Crippen molar-refractivity contribution in [2.45, 2.75) is 13.1 Å². The zero-order chi connectivity index (χ0) is 16.3. The van der Waals surface area contributed by atoms with Crippen LogP contribution in [0.15, 0.2) is 29.8 Å². The number of benzene rings is 1. The first kappa shape index (κ1) is 16.4. The second-order valence-corrected chi connectivity index (χ2v) is 6.44. The fourth-order valence-electron chi connectivity index (χ4n) is 1.89. The SMILES string of the molecule is NCc1ccccc1CN(c1scnc1C(=O)O)S(=O)(=O)O. The Kier molecular flexibility index (Phi) is 4.76. The summed E-state index contributed by atoms with van der Waals surface area (Å²) in [5.74, 6) is -1.38. The first-order valence-electron chi connectivity index (χ1n) is 6.03. The molecule has 0 spiro atoms. The molecule has 0 amide bonds. The summed E-state index contributed by atoms with van der Waals surface area (Å²) < 4.78 is 33.3. The molecule has 118 valence electrons. The van der Waals surface area contributed by atoms with Gasteiger partial charge in [-0.3, -0.25) is 4.55 Å². The van der Waals surface area contributed by atoms with Crippen LogP contribution in [0.2, 0.25) is 0 Å². The summed E-state index contributed by atoms with van der Waals surface area (Å²) in [6, 6.07) is 6.82. The fourth-order valence-corrected chi connectivity index (χ4v) is 3.59. The number of aromatic nitrogens is 1. The molecule has 2 rings (SSSR count). The number of aromatic carboxylic acids is 1. The van der Waals surface area contributed by atoms with E-state index in [1.807, 2.05) is 0 Å². The molecule has 4 N–H and O–H groups in total. The van der Waals surface area contributed by atoms with E-state index in [0.29, 0.717) is 15.4 Å². The molecule has 0 unspecified atom stereocenters. The molecule has 1 aromatic heterocycles. The molecule has 0 atom stereocenters. The third-order valence-electron chi connectivity index (χ3n) is 2.91. The molecular weight excluding hydrogens is 330 g/mol. The highest BCUT2D eigenvalue weighted by Gasteiger charge is 2.28. The van der Waals surface area contributed by atoms with E-state index < -0.39 is 22.0 Å². The Morgan fingerprint density at radius 2 is 1.95 bits per heavy atom. The molecular formula is C12H13N3O5S2. The van der Waals surface area contributed by atoms with Crippen molar-refractivity contribution in [3.05, 3.63) is 46.6 Å². The number of nitrogens with two attached hydrogens (primary N) is 1. The van der Waals surface area contributed by atoms with Crippen LogP contribution in [0.4, 0.5) is 5.00 Å². The van der Waals surface area contributed by atoms with Crippen LogP contribution in [0, 0.1) is 0 Å². The maximum atomic E-state index is 11.6. The predicted octanol–water partition coefficient (Wildman–Crippen LogP) is 1.11. The van der Waals surface area contributed by atoms with Gasteiger partial charge < -0.3 is 10.8 Å². The first-order valence-corrected chi connectivity index (χ1v) is 8.31. The number of carboxylic acid groups (broad SMARTS) is 1. The monoisotopic (exact) mass is 343 g/mol. The highest BCUT2D eigenvalue weighted by Crippen LogP contribution is 2.29. The molecule has 8 nitrogen and oxygen atoms in total. The molecule has 2 aromatic rings. The van der Waals surface area contributed by atoms with Gasteiger partial charge in [0.1, 0.15) is 5.00 Å². The summed E-state index contributed by atoms with van der Waals surface area (Å²) >= 11 is 0.809. The van der Waals surface area contributed by atoms with Gasteiger partial charge in [0, 0.05) is 6.54 Å². The van der Waals surface area contributed by atoms with E-state index in [4.69, 9.17) is 10.8 Å². The molecule has 0 aliphatic heterocycles. The van der Waals surface area contributed by atoms with E-state index in [0.717, 1.165) is 11.3 Å². The Hall–Kier alpha value is -2.01. The average Bonchev–Trinajstić information content (AvgIpc) is 2.93. The van der Waals surface area contributed by atoms with E-state index in [2.05, 4.69) is 4.98 Å². The molecule has 10 heteroatoms. The molecule has 22 heavy (non-hydrogen) atoms. The summed E-state index contributed by atoms with van der Waals surface area (Å²) in [7, 11) is -4.67. The highest BCUT2D eigenvalue weighted by atomic mass is 32.2. The van der Waals surface area contributed by atoms with Gasteiger partial charge in [0.2, 0.25) is 0 Å². The van der Waals surface area contributed by atoms with Gasteiger partial charge in [-0.15, -0.1) is 11.3 Å². The summed E-state index contributed by atoms with van der Waals surface area (Å²) in [4.78, 5) is 14.7. The van der Waals surface area contributed by atoms with Crippen LogP contribution in [0.5, 0.6) is 0 Å². The zero-order valence-corrected chi connectivity index (χ0v) is 12.8. The van der Waals surface area contributed by atoms with Crippen LogP contribution in [0.25, 0.3) is 0 Å². The Bertz CT molecular complexity index is 788. The summed E-state index contributed by atoms with van der Waals surface area (Å²) in [5, 5.41) is 8.89. The van der Waals surface area contributed by atoms with Crippen molar-refractivity contribution in [3.8, 4) is 0 Å². The lowest BCUT2D eigenvalue weighted by atomic mass is 10.1. The van der Waals surface area contributed by atoms with Gasteiger partial charge in [-0.05, 0) is 11.1 Å². The van der Waals surface area contributed by atoms with Gasteiger partial charge in [-0.2, -0.15) is 8.42 Å². The van der Waals surface area contributed by atoms with Crippen molar-refractivity contribution >= 4 is 32.6 Å². The Morgan fingerprint density at radius 1 is 1.32 bits per heavy atom. The molecule has 0 fully saturated rings. The van der Waals surface area contributed by atoms with Crippen molar-refractivity contribution in [1.82, 2.24) is 4.98 Å².